The van der Waals surface area contributed by atoms with Gasteiger partial charge in [-0.05, 0) is 18.2 Å². The molecule has 0 atom stereocenters. The zero-order chi connectivity index (χ0) is 21.7. The van der Waals surface area contributed by atoms with Crippen LogP contribution in [0.3, 0.4) is 0 Å². The van der Waals surface area contributed by atoms with Gasteiger partial charge in [0.1, 0.15) is 0 Å². The van der Waals surface area contributed by atoms with Crippen LogP contribution in [0.2, 0.25) is 0 Å². The Hall–Kier alpha value is -3.60. The average molecular weight is 429 g/mol. The third-order valence-electron chi connectivity index (χ3n) is 4.16. The van der Waals surface area contributed by atoms with E-state index in [0.717, 1.165) is 11.0 Å². The first kappa shape index (κ1) is 21.1. The summed E-state index contributed by atoms with van der Waals surface area (Å²) in [6.07, 6.45) is 1.30. The zero-order valence-corrected chi connectivity index (χ0v) is 17.3. The lowest BCUT2D eigenvalue weighted by molar-refractivity contribution is -0.385. The Labute approximate surface area is 176 Å². The van der Waals surface area contributed by atoms with E-state index in [2.05, 4.69) is 15.5 Å². The van der Waals surface area contributed by atoms with E-state index < -0.39 is 4.92 Å². The number of hydrogen-bond acceptors (Lipinski definition) is 8. The summed E-state index contributed by atoms with van der Waals surface area (Å²) in [6, 6.07) is 10.5. The molecule has 1 amide bonds. The molecule has 10 nitrogen and oxygen atoms in total. The molecule has 0 aliphatic carbocycles. The van der Waals surface area contributed by atoms with Crippen LogP contribution in [0.4, 0.5) is 5.69 Å². The Morgan fingerprint density at radius 3 is 2.77 bits per heavy atom. The Balaban J connectivity index is 1.64. The Morgan fingerprint density at radius 2 is 2.10 bits per heavy atom. The van der Waals surface area contributed by atoms with Gasteiger partial charge in [0.2, 0.25) is 5.75 Å². The number of nitrogens with one attached hydrogen (secondary N) is 1. The molecule has 0 spiro atoms. The number of nitrogens with zero attached hydrogens (tertiary/aromatic N) is 4. The van der Waals surface area contributed by atoms with E-state index in [4.69, 9.17) is 9.47 Å². The number of nitro benzene ring substituents is 1. The molecule has 0 fully saturated rings. The van der Waals surface area contributed by atoms with Crippen LogP contribution in [0, 0.1) is 10.1 Å². The number of hydrazone groups is 1. The zero-order valence-electron chi connectivity index (χ0n) is 16.5. The van der Waals surface area contributed by atoms with Crippen molar-refractivity contribution in [1.82, 2.24) is 15.0 Å². The first-order valence-electron chi connectivity index (χ1n) is 8.71. The average Bonchev–Trinajstić information content (AvgIpc) is 3.07. The number of nitro groups is 1. The van der Waals surface area contributed by atoms with Gasteiger partial charge >= 0.3 is 5.69 Å². The van der Waals surface area contributed by atoms with Crippen molar-refractivity contribution >= 4 is 40.6 Å². The molecule has 1 N–H and O–H groups in total. The number of imidazole rings is 1. The van der Waals surface area contributed by atoms with Crippen molar-refractivity contribution < 1.29 is 19.2 Å². The van der Waals surface area contributed by atoms with E-state index in [-0.39, 0.29) is 28.8 Å². The summed E-state index contributed by atoms with van der Waals surface area (Å²) in [5.74, 6) is -0.0154. The number of aromatic nitrogens is 2. The van der Waals surface area contributed by atoms with Crippen LogP contribution < -0.4 is 14.9 Å². The molecule has 0 aliphatic heterocycles. The molecule has 0 bridgehead atoms. The third-order valence-corrected chi connectivity index (χ3v) is 5.19. The monoisotopic (exact) mass is 429 g/mol. The van der Waals surface area contributed by atoms with Gasteiger partial charge in [-0.1, -0.05) is 23.9 Å². The molecular weight excluding hydrogens is 410 g/mol. The first-order chi connectivity index (χ1) is 14.4. The Kier molecular flexibility index (Phi) is 6.52. The number of methoxy groups -OCH3 is 2. The Bertz CT molecular complexity index is 1130. The number of amides is 1. The van der Waals surface area contributed by atoms with Crippen molar-refractivity contribution in [3.63, 3.8) is 0 Å². The standard InChI is InChI=1S/C19H19N5O5S/c1-23-14-7-5-4-6-13(14)21-19(23)30-11-17(25)22-20-10-12-8-15(24(26)27)18(29-3)16(9-12)28-2/h4-10H,11H2,1-3H3,(H,22,25)/b20-10-. The summed E-state index contributed by atoms with van der Waals surface area (Å²) in [4.78, 5) is 27.2. The van der Waals surface area contributed by atoms with Crippen molar-refractivity contribution in [3.05, 3.63) is 52.1 Å². The van der Waals surface area contributed by atoms with Crippen LogP contribution in [-0.4, -0.2) is 46.6 Å². The van der Waals surface area contributed by atoms with Gasteiger partial charge in [0, 0.05) is 18.7 Å². The summed E-state index contributed by atoms with van der Waals surface area (Å²) < 4.78 is 12.1. The third kappa shape index (κ3) is 4.51. The van der Waals surface area contributed by atoms with Crippen LogP contribution in [0.1, 0.15) is 5.56 Å². The highest BCUT2D eigenvalue weighted by molar-refractivity contribution is 7.99. The summed E-state index contributed by atoms with van der Waals surface area (Å²) in [5, 5.41) is 15.8. The van der Waals surface area contributed by atoms with Gasteiger partial charge in [-0.3, -0.25) is 14.9 Å². The molecule has 0 unspecified atom stereocenters. The Morgan fingerprint density at radius 1 is 1.33 bits per heavy atom. The molecule has 0 radical (unpaired) electrons. The van der Waals surface area contributed by atoms with Gasteiger partial charge in [0.05, 0.1) is 42.1 Å². The number of fused-ring (bicyclic) bond motifs is 1. The minimum atomic E-state index is -0.579. The van der Waals surface area contributed by atoms with E-state index >= 15 is 0 Å². The fraction of sp³-hybridized carbons (Fsp3) is 0.211. The van der Waals surface area contributed by atoms with Gasteiger partial charge in [-0.25, -0.2) is 10.4 Å². The minimum absolute atomic E-state index is 0.0162. The van der Waals surface area contributed by atoms with E-state index in [1.54, 1.807) is 0 Å². The lowest BCUT2D eigenvalue weighted by atomic mass is 10.2. The van der Waals surface area contributed by atoms with Gasteiger partial charge in [-0.15, -0.1) is 0 Å². The molecule has 30 heavy (non-hydrogen) atoms. The van der Waals surface area contributed by atoms with Crippen LogP contribution in [0.15, 0.2) is 46.7 Å². The predicted molar refractivity (Wildman–Crippen MR) is 113 cm³/mol. The number of rotatable bonds is 8. The number of para-hydroxylation sites is 2. The number of hydrogen-bond donors (Lipinski definition) is 1. The maximum atomic E-state index is 12.1. The minimum Gasteiger partial charge on any atom is -0.493 e. The van der Waals surface area contributed by atoms with Crippen LogP contribution in [0.25, 0.3) is 11.0 Å². The summed E-state index contributed by atoms with van der Waals surface area (Å²) >= 11 is 1.28. The van der Waals surface area contributed by atoms with E-state index in [1.807, 2.05) is 35.9 Å². The molecule has 0 saturated carbocycles. The second-order valence-corrected chi connectivity index (χ2v) is 7.00. The topological polar surface area (TPSA) is 121 Å². The van der Waals surface area contributed by atoms with Gasteiger partial charge in [0.25, 0.3) is 5.91 Å². The van der Waals surface area contributed by atoms with E-state index in [0.29, 0.717) is 10.7 Å². The van der Waals surface area contributed by atoms with Crippen LogP contribution in [-0.2, 0) is 11.8 Å². The predicted octanol–water partition coefficient (Wildman–Crippen LogP) is 2.74. The fourth-order valence-electron chi connectivity index (χ4n) is 2.77. The van der Waals surface area contributed by atoms with Gasteiger partial charge in [-0.2, -0.15) is 5.10 Å². The molecule has 3 aromatic rings. The highest BCUT2D eigenvalue weighted by atomic mass is 32.2. The number of aryl methyl sites for hydroxylation is 1. The smallest absolute Gasteiger partial charge is 0.315 e. The number of thioether (sulfide) groups is 1. The van der Waals surface area contributed by atoms with Crippen molar-refractivity contribution in [2.24, 2.45) is 12.1 Å². The summed E-state index contributed by atoms with van der Waals surface area (Å²) in [6.45, 7) is 0. The molecule has 3 rings (SSSR count). The molecule has 11 heteroatoms. The molecule has 1 heterocycles. The van der Waals surface area contributed by atoms with Gasteiger partial charge in [0.15, 0.2) is 10.9 Å². The number of benzene rings is 2. The second-order valence-electron chi connectivity index (χ2n) is 6.06. The normalized spacial score (nSPS) is 11.0. The molecule has 0 aliphatic rings. The molecule has 0 saturated heterocycles. The SMILES string of the molecule is COc1cc(/C=N\NC(=O)CSc2nc3ccccc3n2C)cc([N+](=O)[O-])c1OC. The fourth-order valence-corrected chi connectivity index (χ4v) is 3.55. The van der Waals surface area contributed by atoms with Gasteiger partial charge < -0.3 is 14.0 Å². The van der Waals surface area contributed by atoms with Crippen LogP contribution in [0.5, 0.6) is 11.5 Å². The number of carbonyl (C=O) groups excluding carboxylic acids is 1. The highest BCUT2D eigenvalue weighted by Crippen LogP contribution is 2.37. The first-order valence-corrected chi connectivity index (χ1v) is 9.69. The second kappa shape index (κ2) is 9.27. The quantitative estimate of drug-likeness (QED) is 0.253. The lowest BCUT2D eigenvalue weighted by Gasteiger charge is -2.08. The highest BCUT2D eigenvalue weighted by Gasteiger charge is 2.21. The van der Waals surface area contributed by atoms with E-state index in [9.17, 15) is 14.9 Å². The summed E-state index contributed by atoms with van der Waals surface area (Å²) in [7, 11) is 4.58. The van der Waals surface area contributed by atoms with Crippen LogP contribution >= 0.6 is 11.8 Å². The number of ether oxygens (including phenoxy) is 2. The lowest BCUT2D eigenvalue weighted by Crippen LogP contribution is -2.19. The molecule has 2 aromatic carbocycles. The molecular formula is C19H19N5O5S. The maximum Gasteiger partial charge on any atom is 0.315 e. The number of carbonyl (C=O) groups is 1. The van der Waals surface area contributed by atoms with E-state index in [1.165, 1.54) is 44.3 Å². The molecule has 1 aromatic heterocycles. The van der Waals surface area contributed by atoms with Crippen molar-refractivity contribution in [2.45, 2.75) is 5.16 Å². The largest absolute Gasteiger partial charge is 0.493 e. The molecule has 156 valence electrons. The summed E-state index contributed by atoms with van der Waals surface area (Å²) in [5.41, 5.74) is 4.35. The maximum absolute atomic E-state index is 12.1. The van der Waals surface area contributed by atoms with Crippen molar-refractivity contribution in [2.75, 3.05) is 20.0 Å². The van der Waals surface area contributed by atoms with Crippen molar-refractivity contribution in [3.8, 4) is 11.5 Å². The van der Waals surface area contributed by atoms with Crippen molar-refractivity contribution in [1.29, 1.82) is 0 Å².